The smallest absolute Gasteiger partial charge is 0.104 e. The Morgan fingerprint density at radius 3 is 2.50 bits per heavy atom. The molecule has 0 bridgehead atoms. The molecule has 0 saturated heterocycles. The average Bonchev–Trinajstić information content (AvgIpc) is 1.85. The van der Waals surface area contributed by atoms with Gasteiger partial charge in [-0.3, -0.25) is 4.68 Å². The van der Waals surface area contributed by atoms with Crippen LogP contribution in [0.1, 0.15) is 5.69 Å². The Balaban J connectivity index is 3.14. The second-order valence-corrected chi connectivity index (χ2v) is 2.54. The van der Waals surface area contributed by atoms with E-state index in [0.717, 1.165) is 10.3 Å². The zero-order valence-corrected chi connectivity index (χ0v) is 6.44. The highest BCUT2D eigenvalue weighted by Gasteiger charge is 1.93. The van der Waals surface area contributed by atoms with Crippen molar-refractivity contribution in [1.82, 2.24) is 9.78 Å². The molecule has 0 amide bonds. The average molecular weight is 175 g/mol. The minimum absolute atomic E-state index is 1.02. The van der Waals surface area contributed by atoms with Crippen molar-refractivity contribution in [2.45, 2.75) is 6.92 Å². The number of halogens is 1. The van der Waals surface area contributed by atoms with Gasteiger partial charge >= 0.3 is 0 Å². The normalized spacial score (nSPS) is 9.88. The van der Waals surface area contributed by atoms with Gasteiger partial charge in [-0.15, -0.1) is 0 Å². The molecular weight excluding hydrogens is 168 g/mol. The van der Waals surface area contributed by atoms with Crippen molar-refractivity contribution >= 4 is 15.9 Å². The van der Waals surface area contributed by atoms with Crippen LogP contribution in [0, 0.1) is 6.92 Å². The summed E-state index contributed by atoms with van der Waals surface area (Å²) in [4.78, 5) is 0. The first kappa shape index (κ1) is 5.82. The SMILES string of the molecule is Cc1cc(Br)n(C)n1. The summed E-state index contributed by atoms with van der Waals surface area (Å²) in [5, 5.41) is 4.08. The summed E-state index contributed by atoms with van der Waals surface area (Å²) in [6.07, 6.45) is 0. The first-order chi connectivity index (χ1) is 3.70. The molecule has 0 N–H and O–H groups in total. The Kier molecular flexibility index (Phi) is 1.38. The van der Waals surface area contributed by atoms with E-state index in [0.29, 0.717) is 0 Å². The molecule has 1 aromatic rings. The van der Waals surface area contributed by atoms with Gasteiger partial charge in [0.15, 0.2) is 0 Å². The van der Waals surface area contributed by atoms with Crippen LogP contribution >= 0.6 is 15.9 Å². The molecule has 0 saturated carbocycles. The lowest BCUT2D eigenvalue weighted by Gasteiger charge is -1.85. The van der Waals surface area contributed by atoms with Crippen molar-refractivity contribution in [3.8, 4) is 0 Å². The van der Waals surface area contributed by atoms with Gasteiger partial charge in [-0.1, -0.05) is 0 Å². The Labute approximate surface area is 56.6 Å². The molecule has 0 atom stereocenters. The van der Waals surface area contributed by atoms with Gasteiger partial charge < -0.3 is 0 Å². The third-order valence-electron chi connectivity index (χ3n) is 0.945. The molecule has 0 aliphatic carbocycles. The van der Waals surface area contributed by atoms with E-state index in [1.807, 2.05) is 20.0 Å². The van der Waals surface area contributed by atoms with E-state index in [9.17, 15) is 0 Å². The van der Waals surface area contributed by atoms with Crippen molar-refractivity contribution < 1.29 is 0 Å². The highest BCUT2D eigenvalue weighted by atomic mass is 79.9. The number of rotatable bonds is 0. The summed E-state index contributed by atoms with van der Waals surface area (Å²) in [5.41, 5.74) is 1.04. The van der Waals surface area contributed by atoms with Gasteiger partial charge in [-0.05, 0) is 28.9 Å². The molecule has 1 heterocycles. The predicted molar refractivity (Wildman–Crippen MR) is 35.6 cm³/mol. The Morgan fingerprint density at radius 1 is 1.75 bits per heavy atom. The second-order valence-electron chi connectivity index (χ2n) is 1.73. The summed E-state index contributed by atoms with van der Waals surface area (Å²) in [7, 11) is 1.90. The van der Waals surface area contributed by atoms with Gasteiger partial charge in [0.2, 0.25) is 0 Å². The second kappa shape index (κ2) is 1.90. The quantitative estimate of drug-likeness (QED) is 0.584. The minimum Gasteiger partial charge on any atom is -0.261 e. The molecule has 1 rings (SSSR count). The molecule has 0 aromatic carbocycles. The fourth-order valence-corrected chi connectivity index (χ4v) is 0.990. The van der Waals surface area contributed by atoms with Crippen LogP contribution in [0.2, 0.25) is 0 Å². The van der Waals surface area contributed by atoms with E-state index in [4.69, 9.17) is 0 Å². The molecule has 0 aliphatic heterocycles. The Hall–Kier alpha value is -0.310. The lowest BCUT2D eigenvalue weighted by Crippen LogP contribution is -1.88. The van der Waals surface area contributed by atoms with Crippen LogP contribution < -0.4 is 0 Å². The monoisotopic (exact) mass is 174 g/mol. The summed E-state index contributed by atoms with van der Waals surface area (Å²) < 4.78 is 2.81. The molecule has 3 heteroatoms. The van der Waals surface area contributed by atoms with E-state index in [-0.39, 0.29) is 0 Å². The molecule has 8 heavy (non-hydrogen) atoms. The van der Waals surface area contributed by atoms with Crippen molar-refractivity contribution in [2.24, 2.45) is 7.05 Å². The van der Waals surface area contributed by atoms with Crippen molar-refractivity contribution in [3.05, 3.63) is 16.4 Å². The van der Waals surface area contributed by atoms with Gasteiger partial charge in [-0.25, -0.2) is 0 Å². The van der Waals surface area contributed by atoms with E-state index in [2.05, 4.69) is 21.0 Å². The van der Waals surface area contributed by atoms with Gasteiger partial charge in [0.1, 0.15) is 4.60 Å². The van der Waals surface area contributed by atoms with Gasteiger partial charge in [0.25, 0.3) is 0 Å². The van der Waals surface area contributed by atoms with Gasteiger partial charge in [0, 0.05) is 7.05 Å². The van der Waals surface area contributed by atoms with E-state index < -0.39 is 0 Å². The maximum atomic E-state index is 4.08. The summed E-state index contributed by atoms with van der Waals surface area (Å²) in [5.74, 6) is 0. The van der Waals surface area contributed by atoms with Crippen LogP contribution in [0.5, 0.6) is 0 Å². The van der Waals surface area contributed by atoms with E-state index in [1.165, 1.54) is 0 Å². The lowest BCUT2D eigenvalue weighted by molar-refractivity contribution is 0.740. The number of aromatic nitrogens is 2. The van der Waals surface area contributed by atoms with Crippen LogP contribution in [0.3, 0.4) is 0 Å². The number of hydrogen-bond donors (Lipinski definition) is 0. The fourth-order valence-electron chi connectivity index (χ4n) is 0.579. The third-order valence-corrected chi connectivity index (χ3v) is 1.69. The highest BCUT2D eigenvalue weighted by Crippen LogP contribution is 2.08. The van der Waals surface area contributed by atoms with Crippen molar-refractivity contribution in [3.63, 3.8) is 0 Å². The molecule has 1 aromatic heterocycles. The molecular formula is C5H7BrN2. The summed E-state index contributed by atoms with van der Waals surface area (Å²) in [6.45, 7) is 1.96. The molecule has 0 unspecified atom stereocenters. The van der Waals surface area contributed by atoms with E-state index >= 15 is 0 Å². The number of nitrogens with zero attached hydrogens (tertiary/aromatic N) is 2. The fraction of sp³-hybridized carbons (Fsp3) is 0.400. The van der Waals surface area contributed by atoms with E-state index in [1.54, 1.807) is 4.68 Å². The first-order valence-electron chi connectivity index (χ1n) is 2.36. The summed E-state index contributed by atoms with van der Waals surface area (Å²) in [6, 6.07) is 1.97. The molecule has 0 fully saturated rings. The number of aryl methyl sites for hydroxylation is 2. The summed E-state index contributed by atoms with van der Waals surface area (Å²) >= 11 is 3.32. The van der Waals surface area contributed by atoms with Crippen molar-refractivity contribution in [2.75, 3.05) is 0 Å². The van der Waals surface area contributed by atoms with Gasteiger partial charge in [-0.2, -0.15) is 5.10 Å². The van der Waals surface area contributed by atoms with Crippen molar-refractivity contribution in [1.29, 1.82) is 0 Å². The predicted octanol–water partition coefficient (Wildman–Crippen LogP) is 1.49. The minimum atomic E-state index is 1.02. The number of hydrogen-bond acceptors (Lipinski definition) is 1. The van der Waals surface area contributed by atoms with Crippen LogP contribution in [0.4, 0.5) is 0 Å². The van der Waals surface area contributed by atoms with Crippen LogP contribution in [-0.4, -0.2) is 9.78 Å². The van der Waals surface area contributed by atoms with Gasteiger partial charge in [0.05, 0.1) is 5.69 Å². The standard InChI is InChI=1S/C5H7BrN2/c1-4-3-5(6)8(2)7-4/h3H,1-2H3. The highest BCUT2D eigenvalue weighted by molar-refractivity contribution is 9.10. The zero-order chi connectivity index (χ0) is 6.15. The molecule has 0 aliphatic rings. The Morgan fingerprint density at radius 2 is 2.38 bits per heavy atom. The zero-order valence-electron chi connectivity index (χ0n) is 4.85. The largest absolute Gasteiger partial charge is 0.261 e. The van der Waals surface area contributed by atoms with Crippen LogP contribution in [-0.2, 0) is 7.05 Å². The third kappa shape index (κ3) is 0.916. The molecule has 44 valence electrons. The van der Waals surface area contributed by atoms with Crippen LogP contribution in [0.15, 0.2) is 10.7 Å². The lowest BCUT2D eigenvalue weighted by atomic mass is 10.5. The maximum absolute atomic E-state index is 4.08. The maximum Gasteiger partial charge on any atom is 0.104 e. The van der Waals surface area contributed by atoms with Crippen LogP contribution in [0.25, 0.3) is 0 Å². The topological polar surface area (TPSA) is 17.8 Å². The molecule has 2 nitrogen and oxygen atoms in total. The molecule has 0 spiro atoms. The molecule has 0 radical (unpaired) electrons. The first-order valence-corrected chi connectivity index (χ1v) is 3.15. The Bertz CT molecular complexity index is 173.